The molecule has 4 nitrogen and oxygen atoms in total. The van der Waals surface area contributed by atoms with Crippen LogP contribution in [0.1, 0.15) is 31.9 Å². The van der Waals surface area contributed by atoms with Crippen LogP contribution in [-0.4, -0.2) is 48.8 Å². The molecule has 0 amide bonds. The quantitative estimate of drug-likeness (QED) is 0.865. The Balaban J connectivity index is 2.14. The second-order valence-corrected chi connectivity index (χ2v) is 5.17. The second kappa shape index (κ2) is 7.67. The van der Waals surface area contributed by atoms with Crippen LogP contribution in [0.15, 0.2) is 18.5 Å². The largest absolute Gasteiger partial charge is 0.374 e. The van der Waals surface area contributed by atoms with Gasteiger partial charge in [-0.3, -0.25) is 9.88 Å². The van der Waals surface area contributed by atoms with Crippen LogP contribution in [0, 0.1) is 5.82 Å². The highest BCUT2D eigenvalue weighted by atomic mass is 19.1. The third kappa shape index (κ3) is 3.98. The molecule has 1 aliphatic rings. The molecule has 1 aromatic rings. The Kier molecular flexibility index (Phi) is 5.88. The number of aromatic nitrogens is 1. The molecule has 0 radical (unpaired) electrons. The number of morpholine rings is 1. The van der Waals surface area contributed by atoms with Gasteiger partial charge in [0.1, 0.15) is 5.82 Å². The molecule has 5 heteroatoms. The molecule has 1 saturated heterocycles. The number of ether oxygens (including phenoxy) is 1. The van der Waals surface area contributed by atoms with Gasteiger partial charge in [0.05, 0.1) is 24.9 Å². The highest BCUT2D eigenvalue weighted by molar-refractivity contribution is 5.17. The second-order valence-electron chi connectivity index (χ2n) is 5.17. The van der Waals surface area contributed by atoms with E-state index in [2.05, 4.69) is 29.0 Å². The van der Waals surface area contributed by atoms with Crippen molar-refractivity contribution in [3.63, 3.8) is 0 Å². The summed E-state index contributed by atoms with van der Waals surface area (Å²) in [6, 6.07) is 1.54. The summed E-state index contributed by atoms with van der Waals surface area (Å²) in [4.78, 5) is 6.33. The maximum Gasteiger partial charge on any atom is 0.141 e. The normalized spacial score (nSPS) is 21.9. The summed E-state index contributed by atoms with van der Waals surface area (Å²) in [6.07, 6.45) is 4.04. The molecule has 1 fully saturated rings. The minimum absolute atomic E-state index is 0.00694. The lowest BCUT2D eigenvalue weighted by molar-refractivity contribution is -0.0456. The first-order valence-corrected chi connectivity index (χ1v) is 7.42. The molecular formula is C15H24FN3O. The number of hydrogen-bond donors (Lipinski definition) is 1. The predicted molar refractivity (Wildman–Crippen MR) is 77.1 cm³/mol. The number of nitrogens with one attached hydrogen (secondary N) is 1. The van der Waals surface area contributed by atoms with Crippen LogP contribution in [0.5, 0.6) is 0 Å². The Hall–Kier alpha value is -1.04. The van der Waals surface area contributed by atoms with E-state index in [1.54, 1.807) is 12.3 Å². The molecule has 2 heterocycles. The number of pyridine rings is 1. The van der Waals surface area contributed by atoms with E-state index in [-0.39, 0.29) is 18.0 Å². The zero-order valence-corrected chi connectivity index (χ0v) is 12.3. The van der Waals surface area contributed by atoms with Gasteiger partial charge in [-0.25, -0.2) is 4.39 Å². The zero-order chi connectivity index (χ0) is 14.4. The molecule has 20 heavy (non-hydrogen) atoms. The highest BCUT2D eigenvalue weighted by Gasteiger charge is 2.28. The Labute approximate surface area is 120 Å². The summed E-state index contributed by atoms with van der Waals surface area (Å²) in [7, 11) is 0. The van der Waals surface area contributed by atoms with Crippen molar-refractivity contribution in [3.8, 4) is 0 Å². The fraction of sp³-hybridized carbons (Fsp3) is 0.667. The van der Waals surface area contributed by atoms with Crippen molar-refractivity contribution in [1.82, 2.24) is 15.2 Å². The molecule has 1 aromatic heterocycles. The Morgan fingerprint density at radius 1 is 1.50 bits per heavy atom. The van der Waals surface area contributed by atoms with Gasteiger partial charge in [-0.1, -0.05) is 13.8 Å². The number of likely N-dealkylation sites (N-methyl/N-ethyl adjacent to an activating group) is 1. The van der Waals surface area contributed by atoms with Gasteiger partial charge in [0, 0.05) is 19.3 Å². The van der Waals surface area contributed by atoms with E-state index in [9.17, 15) is 4.39 Å². The Bertz CT molecular complexity index is 416. The molecular weight excluding hydrogens is 257 g/mol. The lowest BCUT2D eigenvalue weighted by atomic mass is 10.0. The summed E-state index contributed by atoms with van der Waals surface area (Å²) in [5, 5.41) is 3.47. The minimum atomic E-state index is -0.297. The number of halogens is 1. The summed E-state index contributed by atoms with van der Waals surface area (Å²) < 4.78 is 19.3. The molecule has 0 bridgehead atoms. The van der Waals surface area contributed by atoms with E-state index in [0.29, 0.717) is 0 Å². The van der Waals surface area contributed by atoms with Gasteiger partial charge in [0.25, 0.3) is 0 Å². The Morgan fingerprint density at radius 2 is 2.35 bits per heavy atom. The van der Waals surface area contributed by atoms with Crippen LogP contribution in [0.2, 0.25) is 0 Å². The van der Waals surface area contributed by atoms with Crippen molar-refractivity contribution in [2.45, 2.75) is 32.4 Å². The van der Waals surface area contributed by atoms with Crippen molar-refractivity contribution in [1.29, 1.82) is 0 Å². The van der Waals surface area contributed by atoms with Gasteiger partial charge in [-0.15, -0.1) is 0 Å². The van der Waals surface area contributed by atoms with Gasteiger partial charge in [-0.2, -0.15) is 0 Å². The van der Waals surface area contributed by atoms with E-state index >= 15 is 0 Å². The summed E-state index contributed by atoms with van der Waals surface area (Å²) in [5.74, 6) is -0.297. The molecule has 1 aliphatic heterocycles. The van der Waals surface area contributed by atoms with Crippen LogP contribution in [-0.2, 0) is 4.74 Å². The average molecular weight is 281 g/mol. The van der Waals surface area contributed by atoms with Crippen molar-refractivity contribution >= 4 is 0 Å². The molecule has 2 atom stereocenters. The third-order valence-electron chi connectivity index (χ3n) is 3.70. The molecule has 2 rings (SSSR count). The molecule has 0 saturated carbocycles. The van der Waals surface area contributed by atoms with E-state index in [4.69, 9.17) is 4.74 Å². The molecule has 0 aliphatic carbocycles. The summed E-state index contributed by atoms with van der Waals surface area (Å²) in [5.41, 5.74) is 0.862. The van der Waals surface area contributed by atoms with Gasteiger partial charge >= 0.3 is 0 Å². The van der Waals surface area contributed by atoms with E-state index < -0.39 is 0 Å². The highest BCUT2D eigenvalue weighted by Crippen LogP contribution is 2.22. The number of nitrogens with zero attached hydrogens (tertiary/aromatic N) is 2. The number of hydrogen-bond acceptors (Lipinski definition) is 4. The van der Waals surface area contributed by atoms with E-state index in [1.807, 2.05) is 0 Å². The van der Waals surface area contributed by atoms with Gasteiger partial charge in [0.15, 0.2) is 0 Å². The van der Waals surface area contributed by atoms with E-state index in [1.165, 1.54) is 6.20 Å². The van der Waals surface area contributed by atoms with Crippen LogP contribution in [0.3, 0.4) is 0 Å². The van der Waals surface area contributed by atoms with Crippen LogP contribution < -0.4 is 5.32 Å². The smallest absolute Gasteiger partial charge is 0.141 e. The monoisotopic (exact) mass is 281 g/mol. The first-order chi connectivity index (χ1) is 9.74. The van der Waals surface area contributed by atoms with Crippen LogP contribution >= 0.6 is 0 Å². The van der Waals surface area contributed by atoms with Gasteiger partial charge < -0.3 is 10.1 Å². The van der Waals surface area contributed by atoms with Gasteiger partial charge in [0.2, 0.25) is 0 Å². The first-order valence-electron chi connectivity index (χ1n) is 7.42. The predicted octanol–water partition coefficient (Wildman–Crippen LogP) is 1.98. The van der Waals surface area contributed by atoms with Crippen LogP contribution in [0.4, 0.5) is 4.39 Å². The lowest BCUT2D eigenvalue weighted by Gasteiger charge is -2.37. The fourth-order valence-corrected chi connectivity index (χ4v) is 2.58. The standard InChI is InChI=1S/C15H24FN3O/c1-3-5-18-15(12-8-13(16)10-17-9-12)14-11-19(4-2)6-7-20-14/h8-10,14-15,18H,3-7,11H2,1-2H3. The maximum atomic E-state index is 13.4. The van der Waals surface area contributed by atoms with Crippen LogP contribution in [0.25, 0.3) is 0 Å². The molecule has 112 valence electrons. The fourth-order valence-electron chi connectivity index (χ4n) is 2.58. The minimum Gasteiger partial charge on any atom is -0.374 e. The molecule has 2 unspecified atom stereocenters. The number of rotatable bonds is 6. The summed E-state index contributed by atoms with van der Waals surface area (Å²) >= 11 is 0. The Morgan fingerprint density at radius 3 is 3.05 bits per heavy atom. The third-order valence-corrected chi connectivity index (χ3v) is 3.70. The zero-order valence-electron chi connectivity index (χ0n) is 12.3. The first kappa shape index (κ1) is 15.4. The maximum absolute atomic E-state index is 13.4. The average Bonchev–Trinajstić information content (AvgIpc) is 2.48. The van der Waals surface area contributed by atoms with Crippen molar-refractivity contribution in [2.75, 3.05) is 32.8 Å². The SMILES string of the molecule is CCCNC(c1cncc(F)c1)C1CN(CC)CCO1. The topological polar surface area (TPSA) is 37.4 Å². The summed E-state index contributed by atoms with van der Waals surface area (Å²) in [6.45, 7) is 8.73. The molecule has 1 N–H and O–H groups in total. The molecule has 0 aromatic carbocycles. The van der Waals surface area contributed by atoms with Crippen molar-refractivity contribution in [2.24, 2.45) is 0 Å². The van der Waals surface area contributed by atoms with Gasteiger partial charge in [-0.05, 0) is 31.1 Å². The van der Waals surface area contributed by atoms with Crippen molar-refractivity contribution < 1.29 is 9.13 Å². The molecule has 0 spiro atoms. The van der Waals surface area contributed by atoms with Crippen molar-refractivity contribution in [3.05, 3.63) is 29.8 Å². The lowest BCUT2D eigenvalue weighted by Crippen LogP contribution is -2.48. The van der Waals surface area contributed by atoms with E-state index in [0.717, 1.165) is 44.8 Å².